The van der Waals surface area contributed by atoms with E-state index in [1.807, 2.05) is 13.0 Å². The number of pyridine rings is 3. The lowest BCUT2D eigenvalue weighted by Gasteiger charge is -2.23. The second-order valence-corrected chi connectivity index (χ2v) is 33.8. The molecule has 14 rings (SSSR count). The number of halogens is 7. The van der Waals surface area contributed by atoms with Gasteiger partial charge in [0.05, 0.1) is 98.5 Å². The van der Waals surface area contributed by atoms with Crippen molar-refractivity contribution >= 4 is 142 Å². The zero-order valence-electron chi connectivity index (χ0n) is 62.4. The highest BCUT2D eigenvalue weighted by atomic mass is 35.5. The van der Waals surface area contributed by atoms with E-state index in [9.17, 15) is 51.6 Å². The van der Waals surface area contributed by atoms with Crippen LogP contribution in [0.5, 0.6) is 23.0 Å². The molecule has 0 unspecified atom stereocenters. The van der Waals surface area contributed by atoms with Crippen LogP contribution in [-0.2, 0) is 65.8 Å². The molecule has 3 N–H and O–H groups in total. The highest BCUT2D eigenvalue weighted by Gasteiger charge is 2.35. The molecule has 0 aliphatic rings. The number of sulfonamides is 2. The molecule has 38 heteroatoms. The van der Waals surface area contributed by atoms with Crippen LogP contribution in [0.1, 0.15) is 44.0 Å². The van der Waals surface area contributed by atoms with Crippen molar-refractivity contribution < 1.29 is 85.3 Å². The number of aryl methyl sites for hydroxylation is 1. The fourth-order valence-corrected chi connectivity index (χ4v) is 19.0. The molecule has 0 radical (unpaired) electrons. The smallest absolute Gasteiger partial charge is 0.489 e. The van der Waals surface area contributed by atoms with Gasteiger partial charge in [-0.3, -0.25) is 15.4 Å². The van der Waals surface area contributed by atoms with Crippen molar-refractivity contribution in [3.8, 4) is 51.6 Å². The Morgan fingerprint density at radius 3 is 1.49 bits per heavy atom. The van der Waals surface area contributed by atoms with Crippen LogP contribution in [0.2, 0.25) is 5.15 Å². The summed E-state index contributed by atoms with van der Waals surface area (Å²) in [5, 5.41) is 44.1. The summed E-state index contributed by atoms with van der Waals surface area (Å²) in [6.07, 6.45) is -0.187. The Hall–Kier alpha value is -12.2. The van der Waals surface area contributed by atoms with Gasteiger partial charge in [0.15, 0.2) is 25.8 Å². The number of methoxy groups -OCH3 is 5. The standard InChI is InChI=1S/C29H21F3N4O4S2.C22H16F3N3O3S2.C21H18ClN3O4S2.C8H8BNO2/c1-33-25-15-20(29(30,31)32)5-8-24(25)27-23-9-7-22(14-18(23)10-11-34-27)42(37,38)36(28-35-12-13-41-28)17-19-4-6-21(39-2)16-26(19)40-3;1-31-21(26)18-11-14(22(23,24)25)2-4-17(18)20-16-5-3-15(10-13(16)6-7-28-20)33(29,30)12-19-27-8-9-32-19;1-28-16-4-3-15(19(12-16)29-2)13-25(21-24-9-10-30-21)31(26,27)17-5-6-18-14(11-17)7-8-23-20(18)22;1-6-2-3-8(9(11)12)7(4-6)5-10/h4-16H,17H2,2-3H3;2-11,26H,12H2,1H3;3-12H,13H2,1-2H3;2-4,11-12H,1H3. The van der Waals surface area contributed by atoms with Crippen LogP contribution in [-0.4, -0.2) is 114 Å². The van der Waals surface area contributed by atoms with Crippen LogP contribution in [0.3, 0.4) is 0 Å². The molecule has 118 heavy (non-hydrogen) atoms. The molecule has 0 bridgehead atoms. The van der Waals surface area contributed by atoms with E-state index in [-0.39, 0.29) is 72.2 Å². The van der Waals surface area contributed by atoms with Crippen LogP contribution in [0, 0.1) is 30.2 Å². The van der Waals surface area contributed by atoms with Gasteiger partial charge in [0, 0.05) is 115 Å². The van der Waals surface area contributed by atoms with E-state index < -0.39 is 66.4 Å². The van der Waals surface area contributed by atoms with Gasteiger partial charge in [0.1, 0.15) is 38.9 Å². The predicted molar refractivity (Wildman–Crippen MR) is 440 cm³/mol. The molecule has 0 saturated heterocycles. The first-order valence-corrected chi connectivity index (χ1v) is 41.8. The van der Waals surface area contributed by atoms with Gasteiger partial charge >= 0.3 is 19.5 Å². The van der Waals surface area contributed by atoms with E-state index in [0.717, 1.165) is 41.2 Å². The zero-order chi connectivity index (χ0) is 85.0. The third-order valence-electron chi connectivity index (χ3n) is 17.7. The third-order valence-corrected chi connectivity index (χ3v) is 25.9. The third kappa shape index (κ3) is 19.7. The summed E-state index contributed by atoms with van der Waals surface area (Å²) in [7, 11) is -6.05. The SMILES string of the molecule is COC(=N)c1cc(C(F)(F)F)ccc1-c1nccc2cc(S(=O)(=O)Cc3nccs3)ccc12.COc1ccc(CN(c2nccs2)S(=O)(=O)c2ccc3c(Cl)nccc3c2)c(OC)c1.Cc1ccc(B(O)O)c(C#N)c1.[C-]#[N+]c1cc(C(F)(F)F)ccc1-c1nccc2cc(S(=O)(=O)N(Cc3ccc(OC)cc3OC)c3nccs3)ccc12. The summed E-state index contributed by atoms with van der Waals surface area (Å²) in [4.78, 5) is 28.6. The number of anilines is 2. The molecule has 0 saturated carbocycles. The number of aromatic nitrogens is 6. The van der Waals surface area contributed by atoms with Gasteiger partial charge in [0.2, 0.25) is 5.90 Å². The summed E-state index contributed by atoms with van der Waals surface area (Å²) < 4.78 is 189. The van der Waals surface area contributed by atoms with Gasteiger partial charge in [0.25, 0.3) is 20.0 Å². The minimum absolute atomic E-state index is 0.0346. The molecule has 6 aromatic heterocycles. The average Bonchev–Trinajstić information content (AvgIpc) is 1.03. The van der Waals surface area contributed by atoms with Crippen LogP contribution in [0.4, 0.5) is 42.3 Å². The Balaban J connectivity index is 0.000000163. The van der Waals surface area contributed by atoms with Crippen molar-refractivity contribution in [2.24, 2.45) is 0 Å². The fourth-order valence-electron chi connectivity index (χ4n) is 11.9. The van der Waals surface area contributed by atoms with Crippen LogP contribution < -0.4 is 33.0 Å². The molecule has 24 nitrogen and oxygen atoms in total. The quantitative estimate of drug-likeness (QED) is 0.0150. The molecule has 0 aliphatic heterocycles. The van der Waals surface area contributed by atoms with Crippen molar-refractivity contribution in [2.75, 3.05) is 44.2 Å². The van der Waals surface area contributed by atoms with Gasteiger partial charge in [-0.1, -0.05) is 54.1 Å². The van der Waals surface area contributed by atoms with Crippen molar-refractivity contribution in [3.63, 3.8) is 0 Å². The number of sulfone groups is 1. The lowest BCUT2D eigenvalue weighted by atomic mass is 9.77. The molecule has 6 heterocycles. The van der Waals surface area contributed by atoms with E-state index in [1.54, 1.807) is 127 Å². The number of benzene rings is 8. The molecule has 0 fully saturated rings. The largest absolute Gasteiger partial charge is 0.497 e. The Labute approximate surface area is 689 Å². The number of nitriles is 1. The number of fused-ring (bicyclic) bond motifs is 3. The number of thiazole rings is 3. The van der Waals surface area contributed by atoms with E-state index in [0.29, 0.717) is 93.0 Å². The van der Waals surface area contributed by atoms with Crippen LogP contribution in [0.15, 0.2) is 232 Å². The molecule has 604 valence electrons. The van der Waals surface area contributed by atoms with E-state index >= 15 is 0 Å². The molecular weight excluding hydrogens is 1680 g/mol. The molecule has 0 aliphatic carbocycles. The number of hydrogen-bond donors (Lipinski definition) is 3. The number of ether oxygens (including phenoxy) is 5. The Bertz CT molecular complexity index is 6490. The predicted octanol–water partition coefficient (Wildman–Crippen LogP) is 17.0. The van der Waals surface area contributed by atoms with Crippen molar-refractivity contribution in [2.45, 2.75) is 52.8 Å². The topological polar surface area (TPSA) is 325 Å². The Morgan fingerprint density at radius 2 is 1.03 bits per heavy atom. The lowest BCUT2D eigenvalue weighted by Crippen LogP contribution is -2.32. The first kappa shape index (κ1) is 86.7. The summed E-state index contributed by atoms with van der Waals surface area (Å²) in [6, 6.07) is 41.6. The van der Waals surface area contributed by atoms with E-state index in [1.165, 1.54) is 133 Å². The summed E-state index contributed by atoms with van der Waals surface area (Å²) >= 11 is 9.77. The van der Waals surface area contributed by atoms with E-state index in [4.69, 9.17) is 62.6 Å². The van der Waals surface area contributed by atoms with Gasteiger partial charge in [-0.15, -0.1) is 34.0 Å². The highest BCUT2D eigenvalue weighted by molar-refractivity contribution is 7.93. The number of alkyl halides is 6. The van der Waals surface area contributed by atoms with Crippen molar-refractivity contribution in [1.29, 1.82) is 10.7 Å². The fraction of sp³-hybridized carbons (Fsp3) is 0.138. The molecule has 8 aromatic carbocycles. The number of hydrogen-bond acceptors (Lipinski definition) is 24. The van der Waals surface area contributed by atoms with Gasteiger partial charge in [-0.25, -0.2) is 58.6 Å². The number of nitrogens with zero attached hydrogens (tertiary/aromatic N) is 10. The first-order chi connectivity index (χ1) is 56.2. The summed E-state index contributed by atoms with van der Waals surface area (Å²) in [5.74, 6) is 1.44. The average molecular weight is 1740 g/mol. The maximum absolute atomic E-state index is 14.1. The second kappa shape index (κ2) is 37.0. The van der Waals surface area contributed by atoms with Gasteiger partial charge in [-0.2, -0.15) is 31.6 Å². The maximum atomic E-state index is 14.1. The van der Waals surface area contributed by atoms with Gasteiger partial charge in [-0.05, 0) is 143 Å². The van der Waals surface area contributed by atoms with Crippen LogP contribution in [0.25, 0.3) is 59.7 Å². The molecule has 0 atom stereocenters. The van der Waals surface area contributed by atoms with Crippen molar-refractivity contribution in [3.05, 3.63) is 278 Å². The van der Waals surface area contributed by atoms with Crippen LogP contribution >= 0.6 is 45.6 Å². The minimum Gasteiger partial charge on any atom is -0.497 e. The second-order valence-electron chi connectivity index (χ2n) is 25.0. The monoisotopic (exact) mass is 1740 g/mol. The summed E-state index contributed by atoms with van der Waals surface area (Å²) in [5.41, 5.74) is 1.63. The molecule has 0 amide bonds. The molecular formula is C80H63BClF6N11O13S6. The zero-order valence-corrected chi connectivity index (χ0v) is 68.1. The number of rotatable bonds is 21. The normalized spacial score (nSPS) is 11.5. The summed E-state index contributed by atoms with van der Waals surface area (Å²) in [6.45, 7) is 9.24. The lowest BCUT2D eigenvalue weighted by molar-refractivity contribution is -0.138. The Kier molecular flexibility index (Phi) is 27.2. The first-order valence-electron chi connectivity index (χ1n) is 34.2. The highest BCUT2D eigenvalue weighted by Crippen LogP contribution is 2.42. The minimum atomic E-state index is -4.60. The molecule has 14 aromatic rings. The van der Waals surface area contributed by atoms with Crippen molar-refractivity contribution in [1.82, 2.24) is 29.9 Å². The Morgan fingerprint density at radius 1 is 0.551 bits per heavy atom. The van der Waals surface area contributed by atoms with Gasteiger partial charge < -0.3 is 33.7 Å². The number of nitrogens with one attached hydrogen (secondary N) is 1. The maximum Gasteiger partial charge on any atom is 0.489 e. The molecule has 0 spiro atoms. The van der Waals surface area contributed by atoms with E-state index in [2.05, 4.69) is 34.7 Å².